The summed E-state index contributed by atoms with van der Waals surface area (Å²) < 4.78 is 5.88. The Morgan fingerprint density at radius 2 is 1.91 bits per heavy atom. The zero-order chi connectivity index (χ0) is 16.4. The average Bonchev–Trinajstić information content (AvgIpc) is 2.55. The summed E-state index contributed by atoms with van der Waals surface area (Å²) >= 11 is 3.22. The lowest BCUT2D eigenvalue weighted by Crippen LogP contribution is -2.14. The van der Waals surface area contributed by atoms with Crippen molar-refractivity contribution in [3.63, 3.8) is 0 Å². The lowest BCUT2D eigenvalue weighted by molar-refractivity contribution is 0.102. The SMILES string of the molecule is COc1ccc2cc(O)c(C(=O)Nc3ncc(Br)cn3)cc2c1. The molecule has 1 aromatic heterocycles. The Bertz CT molecular complexity index is 882. The number of halogens is 1. The van der Waals surface area contributed by atoms with E-state index in [9.17, 15) is 9.90 Å². The van der Waals surface area contributed by atoms with Crippen LogP contribution in [0, 0.1) is 0 Å². The number of methoxy groups -OCH3 is 1. The van der Waals surface area contributed by atoms with Crippen molar-refractivity contribution in [3.8, 4) is 11.5 Å². The molecule has 0 aliphatic heterocycles. The maximum atomic E-state index is 12.3. The second-order valence-corrected chi connectivity index (χ2v) is 5.68. The number of benzene rings is 2. The number of carbonyl (C=O) groups excluding carboxylic acids is 1. The predicted molar refractivity (Wildman–Crippen MR) is 89.9 cm³/mol. The molecular weight excluding hydrogens is 362 g/mol. The fourth-order valence-corrected chi connectivity index (χ4v) is 2.32. The first-order chi connectivity index (χ1) is 11.1. The number of nitrogens with zero attached hydrogens (tertiary/aromatic N) is 2. The van der Waals surface area contributed by atoms with Crippen molar-refractivity contribution in [3.05, 3.63) is 52.8 Å². The molecule has 6 nitrogen and oxygen atoms in total. The van der Waals surface area contributed by atoms with Gasteiger partial charge in [0.25, 0.3) is 5.91 Å². The van der Waals surface area contributed by atoms with Gasteiger partial charge < -0.3 is 9.84 Å². The van der Waals surface area contributed by atoms with E-state index in [1.165, 1.54) is 18.5 Å². The summed E-state index contributed by atoms with van der Waals surface area (Å²) in [7, 11) is 1.57. The van der Waals surface area contributed by atoms with Crippen LogP contribution in [0.1, 0.15) is 10.4 Å². The van der Waals surface area contributed by atoms with E-state index in [0.717, 1.165) is 10.8 Å². The maximum absolute atomic E-state index is 12.3. The number of aromatic hydroxyl groups is 1. The lowest BCUT2D eigenvalue weighted by atomic mass is 10.0. The van der Waals surface area contributed by atoms with E-state index in [1.54, 1.807) is 25.3 Å². The number of nitrogens with one attached hydrogen (secondary N) is 1. The summed E-state index contributed by atoms with van der Waals surface area (Å²) in [6.45, 7) is 0. The molecule has 7 heteroatoms. The Morgan fingerprint density at radius 3 is 2.61 bits per heavy atom. The molecule has 1 heterocycles. The Labute approximate surface area is 140 Å². The maximum Gasteiger partial charge on any atom is 0.261 e. The molecule has 0 atom stereocenters. The number of anilines is 1. The van der Waals surface area contributed by atoms with Gasteiger partial charge in [-0.2, -0.15) is 0 Å². The van der Waals surface area contributed by atoms with E-state index in [2.05, 4.69) is 31.2 Å². The van der Waals surface area contributed by atoms with E-state index < -0.39 is 5.91 Å². The Hall–Kier alpha value is -2.67. The molecule has 3 rings (SSSR count). The van der Waals surface area contributed by atoms with Crippen LogP contribution in [0.25, 0.3) is 10.8 Å². The molecule has 3 aromatic rings. The molecule has 0 spiro atoms. The number of aromatic nitrogens is 2. The zero-order valence-electron chi connectivity index (χ0n) is 12.1. The first kappa shape index (κ1) is 15.2. The van der Waals surface area contributed by atoms with Crippen molar-refractivity contribution in [2.24, 2.45) is 0 Å². The predicted octanol–water partition coefficient (Wildman–Crippen LogP) is 3.36. The number of ether oxygens (including phenoxy) is 1. The van der Waals surface area contributed by atoms with Crippen molar-refractivity contribution >= 4 is 38.6 Å². The quantitative estimate of drug-likeness (QED) is 0.735. The smallest absolute Gasteiger partial charge is 0.261 e. The van der Waals surface area contributed by atoms with E-state index >= 15 is 0 Å². The number of amides is 1. The van der Waals surface area contributed by atoms with E-state index in [4.69, 9.17) is 4.74 Å². The standard InChI is InChI=1S/C16H12BrN3O3/c1-23-12-3-2-9-6-14(21)13(5-10(9)4-12)15(22)20-16-18-7-11(17)8-19-16/h2-8,21H,1H3,(H,18,19,20,22). The van der Waals surface area contributed by atoms with Gasteiger partial charge in [0.15, 0.2) is 0 Å². The van der Waals surface area contributed by atoms with Gasteiger partial charge in [-0.25, -0.2) is 9.97 Å². The summed E-state index contributed by atoms with van der Waals surface area (Å²) in [6, 6.07) is 8.53. The highest BCUT2D eigenvalue weighted by atomic mass is 79.9. The molecule has 0 saturated carbocycles. The van der Waals surface area contributed by atoms with Crippen LogP contribution in [0.15, 0.2) is 47.2 Å². The minimum Gasteiger partial charge on any atom is -0.507 e. The van der Waals surface area contributed by atoms with Crippen LogP contribution in [0.3, 0.4) is 0 Å². The molecule has 1 amide bonds. The number of hydrogen-bond acceptors (Lipinski definition) is 5. The summed E-state index contributed by atoms with van der Waals surface area (Å²) in [5, 5.41) is 14.2. The Morgan fingerprint density at radius 1 is 1.17 bits per heavy atom. The minimum absolute atomic E-state index is 0.114. The highest BCUT2D eigenvalue weighted by Crippen LogP contribution is 2.28. The molecule has 0 fully saturated rings. The Balaban J connectivity index is 1.95. The van der Waals surface area contributed by atoms with Crippen LogP contribution in [-0.2, 0) is 0 Å². The first-order valence-electron chi connectivity index (χ1n) is 6.66. The molecule has 0 aliphatic rings. The third kappa shape index (κ3) is 3.24. The number of phenols is 1. The van der Waals surface area contributed by atoms with E-state index in [1.807, 2.05) is 6.07 Å². The van der Waals surface area contributed by atoms with Crippen molar-refractivity contribution in [2.75, 3.05) is 12.4 Å². The van der Waals surface area contributed by atoms with Gasteiger partial charge in [-0.1, -0.05) is 6.07 Å². The minimum atomic E-state index is -0.491. The summed E-state index contributed by atoms with van der Waals surface area (Å²) in [5.74, 6) is 0.223. The van der Waals surface area contributed by atoms with Crippen LogP contribution >= 0.6 is 15.9 Å². The summed E-state index contributed by atoms with van der Waals surface area (Å²) in [4.78, 5) is 20.3. The Kier molecular flexibility index (Phi) is 4.12. The topological polar surface area (TPSA) is 84.3 Å². The zero-order valence-corrected chi connectivity index (χ0v) is 13.7. The fraction of sp³-hybridized carbons (Fsp3) is 0.0625. The van der Waals surface area contributed by atoms with Crippen LogP contribution in [0.4, 0.5) is 5.95 Å². The van der Waals surface area contributed by atoms with Crippen molar-refractivity contribution in [1.82, 2.24) is 9.97 Å². The van der Waals surface area contributed by atoms with Crippen molar-refractivity contribution in [2.45, 2.75) is 0 Å². The van der Waals surface area contributed by atoms with Crippen LogP contribution in [0.5, 0.6) is 11.5 Å². The number of phenolic OH excluding ortho intramolecular Hbond substituents is 1. The highest BCUT2D eigenvalue weighted by Gasteiger charge is 2.14. The number of rotatable bonds is 3. The van der Waals surface area contributed by atoms with Gasteiger partial charge in [0.05, 0.1) is 17.1 Å². The molecular formula is C16H12BrN3O3. The molecule has 0 unspecified atom stereocenters. The normalized spacial score (nSPS) is 10.5. The first-order valence-corrected chi connectivity index (χ1v) is 7.46. The average molecular weight is 374 g/mol. The number of carbonyl (C=O) groups is 1. The van der Waals surface area contributed by atoms with Crippen molar-refractivity contribution in [1.29, 1.82) is 0 Å². The van der Waals surface area contributed by atoms with Gasteiger partial charge in [-0.3, -0.25) is 10.1 Å². The lowest BCUT2D eigenvalue weighted by Gasteiger charge is -2.08. The van der Waals surface area contributed by atoms with Crippen LogP contribution in [-0.4, -0.2) is 28.1 Å². The molecule has 23 heavy (non-hydrogen) atoms. The van der Waals surface area contributed by atoms with E-state index in [-0.39, 0.29) is 17.3 Å². The highest BCUT2D eigenvalue weighted by molar-refractivity contribution is 9.10. The fourth-order valence-electron chi connectivity index (χ4n) is 2.12. The second kappa shape index (κ2) is 6.21. The molecule has 2 N–H and O–H groups in total. The third-order valence-corrected chi connectivity index (χ3v) is 3.66. The van der Waals surface area contributed by atoms with Gasteiger partial charge in [0.1, 0.15) is 11.5 Å². The van der Waals surface area contributed by atoms with Gasteiger partial charge in [-0.05, 0) is 51.0 Å². The summed E-state index contributed by atoms with van der Waals surface area (Å²) in [6.07, 6.45) is 3.04. The third-order valence-electron chi connectivity index (χ3n) is 3.25. The van der Waals surface area contributed by atoms with Gasteiger partial charge >= 0.3 is 0 Å². The molecule has 116 valence electrons. The number of fused-ring (bicyclic) bond motifs is 1. The summed E-state index contributed by atoms with van der Waals surface area (Å²) in [5.41, 5.74) is 0.136. The van der Waals surface area contributed by atoms with Gasteiger partial charge in [0, 0.05) is 12.4 Å². The molecule has 2 aromatic carbocycles. The van der Waals surface area contributed by atoms with Gasteiger partial charge in [0.2, 0.25) is 5.95 Å². The molecule has 0 saturated heterocycles. The van der Waals surface area contributed by atoms with E-state index in [0.29, 0.717) is 10.2 Å². The molecule has 0 radical (unpaired) electrons. The van der Waals surface area contributed by atoms with Crippen LogP contribution < -0.4 is 10.1 Å². The largest absolute Gasteiger partial charge is 0.507 e. The molecule has 0 aliphatic carbocycles. The van der Waals surface area contributed by atoms with Crippen molar-refractivity contribution < 1.29 is 14.6 Å². The van der Waals surface area contributed by atoms with Crippen LogP contribution in [0.2, 0.25) is 0 Å². The van der Waals surface area contributed by atoms with Gasteiger partial charge in [-0.15, -0.1) is 0 Å². The second-order valence-electron chi connectivity index (χ2n) is 4.76. The molecule has 0 bridgehead atoms. The monoisotopic (exact) mass is 373 g/mol. The number of hydrogen-bond donors (Lipinski definition) is 2.